The van der Waals surface area contributed by atoms with Crippen molar-refractivity contribution in [1.29, 1.82) is 0 Å². The lowest BCUT2D eigenvalue weighted by molar-refractivity contribution is 0.0730. The highest BCUT2D eigenvalue weighted by Crippen LogP contribution is 2.29. The Morgan fingerprint density at radius 1 is 1.04 bits per heavy atom. The number of amides is 1. The van der Waals surface area contributed by atoms with Crippen molar-refractivity contribution in [2.45, 2.75) is 31.1 Å². The van der Waals surface area contributed by atoms with Crippen molar-refractivity contribution < 1.29 is 17.9 Å². The second kappa shape index (κ2) is 8.03. The van der Waals surface area contributed by atoms with Gasteiger partial charge in [-0.2, -0.15) is 4.31 Å². The molecule has 1 heterocycles. The van der Waals surface area contributed by atoms with E-state index in [1.165, 1.54) is 16.4 Å². The van der Waals surface area contributed by atoms with Crippen LogP contribution in [0.2, 0.25) is 0 Å². The summed E-state index contributed by atoms with van der Waals surface area (Å²) in [4.78, 5) is 12.9. The third-order valence-corrected chi connectivity index (χ3v) is 6.58. The number of sulfonamides is 1. The molecule has 2 aromatic carbocycles. The van der Waals surface area contributed by atoms with Crippen molar-refractivity contribution >= 4 is 21.6 Å². The highest BCUT2D eigenvalue weighted by molar-refractivity contribution is 7.89. The van der Waals surface area contributed by atoms with Gasteiger partial charge in [0.2, 0.25) is 10.0 Å². The molecule has 1 saturated heterocycles. The number of nitrogens with one attached hydrogen (secondary N) is 1. The molecule has 1 amide bonds. The van der Waals surface area contributed by atoms with Crippen LogP contribution in [0.25, 0.3) is 0 Å². The first-order chi connectivity index (χ1) is 13.2. The van der Waals surface area contributed by atoms with Gasteiger partial charge in [0.25, 0.3) is 5.91 Å². The third-order valence-electron chi connectivity index (χ3n) is 4.69. The molecule has 0 bridgehead atoms. The summed E-state index contributed by atoms with van der Waals surface area (Å²) in [7, 11) is -3.65. The number of rotatable bonds is 4. The van der Waals surface area contributed by atoms with Gasteiger partial charge in [-0.15, -0.1) is 0 Å². The number of nitrogens with zero attached hydrogens (tertiary/aromatic N) is 1. The molecule has 0 aromatic heterocycles. The van der Waals surface area contributed by atoms with Gasteiger partial charge >= 0.3 is 0 Å². The van der Waals surface area contributed by atoms with Gasteiger partial charge in [-0.05, 0) is 35.2 Å². The van der Waals surface area contributed by atoms with Crippen molar-refractivity contribution in [3.63, 3.8) is 0 Å². The van der Waals surface area contributed by atoms with E-state index in [9.17, 15) is 13.2 Å². The van der Waals surface area contributed by atoms with E-state index in [1.54, 1.807) is 12.1 Å². The highest BCUT2D eigenvalue weighted by Gasteiger charge is 2.27. The molecule has 0 saturated carbocycles. The molecule has 2 aromatic rings. The largest absolute Gasteiger partial charge is 0.379 e. The van der Waals surface area contributed by atoms with Crippen LogP contribution in [-0.4, -0.2) is 44.9 Å². The van der Waals surface area contributed by atoms with Crippen molar-refractivity contribution in [3.05, 3.63) is 59.7 Å². The Kier molecular flexibility index (Phi) is 5.88. The van der Waals surface area contributed by atoms with Crippen LogP contribution in [0.4, 0.5) is 5.69 Å². The van der Waals surface area contributed by atoms with Crippen LogP contribution in [0, 0.1) is 0 Å². The zero-order valence-corrected chi connectivity index (χ0v) is 17.3. The van der Waals surface area contributed by atoms with Crippen molar-refractivity contribution in [3.8, 4) is 0 Å². The van der Waals surface area contributed by atoms with E-state index in [0.717, 1.165) is 11.3 Å². The fraction of sp³-hybridized carbons (Fsp3) is 0.381. The number of ether oxygens (including phenoxy) is 1. The predicted octanol–water partition coefficient (Wildman–Crippen LogP) is 3.26. The second-order valence-electron chi connectivity index (χ2n) is 7.79. The van der Waals surface area contributed by atoms with Gasteiger partial charge in [0.15, 0.2) is 0 Å². The number of carbonyl (C=O) groups is 1. The Hall–Kier alpha value is -2.22. The van der Waals surface area contributed by atoms with E-state index in [0.29, 0.717) is 31.9 Å². The fourth-order valence-electron chi connectivity index (χ4n) is 3.17. The van der Waals surface area contributed by atoms with Gasteiger partial charge in [0, 0.05) is 24.3 Å². The van der Waals surface area contributed by atoms with E-state index < -0.39 is 10.0 Å². The molecule has 0 atom stereocenters. The lowest BCUT2D eigenvalue weighted by atomic mass is 9.86. The number of anilines is 1. The summed E-state index contributed by atoms with van der Waals surface area (Å²) in [6, 6.07) is 13.8. The molecule has 0 unspecified atom stereocenters. The number of morpholine rings is 1. The Morgan fingerprint density at radius 2 is 1.71 bits per heavy atom. The lowest BCUT2D eigenvalue weighted by Crippen LogP contribution is -2.40. The molecule has 0 aliphatic carbocycles. The molecule has 6 nitrogen and oxygen atoms in total. The van der Waals surface area contributed by atoms with Crippen LogP contribution in [0.15, 0.2) is 53.4 Å². The van der Waals surface area contributed by atoms with Gasteiger partial charge < -0.3 is 10.1 Å². The number of para-hydroxylation sites is 1. The van der Waals surface area contributed by atoms with Gasteiger partial charge in [0.1, 0.15) is 0 Å². The van der Waals surface area contributed by atoms with Crippen molar-refractivity contribution in [1.82, 2.24) is 4.31 Å². The quantitative estimate of drug-likeness (QED) is 0.852. The average Bonchev–Trinajstić information content (AvgIpc) is 2.68. The number of hydrogen-bond acceptors (Lipinski definition) is 4. The maximum atomic E-state index is 12.8. The van der Waals surface area contributed by atoms with E-state index in [1.807, 2.05) is 24.3 Å². The minimum Gasteiger partial charge on any atom is -0.379 e. The van der Waals surface area contributed by atoms with E-state index >= 15 is 0 Å². The summed E-state index contributed by atoms with van der Waals surface area (Å²) in [5.41, 5.74) is 1.91. The molecule has 3 rings (SSSR count). The van der Waals surface area contributed by atoms with Crippen LogP contribution in [0.3, 0.4) is 0 Å². The van der Waals surface area contributed by atoms with Crippen LogP contribution in [0.5, 0.6) is 0 Å². The minimum absolute atomic E-state index is 0.117. The van der Waals surface area contributed by atoms with Crippen molar-refractivity contribution in [2.24, 2.45) is 0 Å². The molecule has 1 N–H and O–H groups in total. The number of hydrogen-bond donors (Lipinski definition) is 1. The van der Waals surface area contributed by atoms with E-state index in [-0.39, 0.29) is 16.2 Å². The maximum Gasteiger partial charge on any atom is 0.255 e. The zero-order chi connectivity index (χ0) is 20.4. The molecule has 0 radical (unpaired) electrons. The van der Waals surface area contributed by atoms with Crippen LogP contribution in [0.1, 0.15) is 36.7 Å². The van der Waals surface area contributed by atoms with Gasteiger partial charge in [0.05, 0.1) is 18.1 Å². The first-order valence-electron chi connectivity index (χ1n) is 9.28. The predicted molar refractivity (Wildman–Crippen MR) is 109 cm³/mol. The Labute approximate surface area is 166 Å². The van der Waals surface area contributed by atoms with Crippen LogP contribution < -0.4 is 5.32 Å². The second-order valence-corrected chi connectivity index (χ2v) is 9.73. The highest BCUT2D eigenvalue weighted by atomic mass is 32.2. The summed E-state index contributed by atoms with van der Waals surface area (Å²) >= 11 is 0. The fourth-order valence-corrected chi connectivity index (χ4v) is 4.63. The van der Waals surface area contributed by atoms with Gasteiger partial charge in [-0.3, -0.25) is 4.79 Å². The monoisotopic (exact) mass is 402 g/mol. The molecule has 1 fully saturated rings. The molecule has 1 aliphatic rings. The Morgan fingerprint density at radius 3 is 2.39 bits per heavy atom. The summed E-state index contributed by atoms with van der Waals surface area (Å²) in [6.45, 7) is 7.62. The van der Waals surface area contributed by atoms with E-state index in [2.05, 4.69) is 26.1 Å². The molecular formula is C21H26N2O4S. The van der Waals surface area contributed by atoms with Gasteiger partial charge in [-0.25, -0.2) is 8.42 Å². The topological polar surface area (TPSA) is 75.7 Å². The summed E-state index contributed by atoms with van der Waals surface area (Å²) in [5.74, 6) is -0.337. The standard InChI is InChI=1S/C21H26N2O4S/c1-21(2,3)18-9-4-5-10-19(18)22-20(24)16-7-6-8-17(15-16)28(25,26)23-11-13-27-14-12-23/h4-10,15H,11-14H2,1-3H3,(H,22,24). The maximum absolute atomic E-state index is 12.8. The molecule has 0 spiro atoms. The summed E-state index contributed by atoms with van der Waals surface area (Å²) < 4.78 is 32.3. The molecule has 7 heteroatoms. The molecular weight excluding hydrogens is 376 g/mol. The van der Waals surface area contributed by atoms with E-state index in [4.69, 9.17) is 4.74 Å². The average molecular weight is 403 g/mol. The van der Waals surface area contributed by atoms with Crippen molar-refractivity contribution in [2.75, 3.05) is 31.6 Å². The molecule has 1 aliphatic heterocycles. The smallest absolute Gasteiger partial charge is 0.255 e. The van der Waals surface area contributed by atoms with Gasteiger partial charge in [-0.1, -0.05) is 45.0 Å². The number of carbonyl (C=O) groups excluding carboxylic acids is 1. The lowest BCUT2D eigenvalue weighted by Gasteiger charge is -2.26. The SMILES string of the molecule is CC(C)(C)c1ccccc1NC(=O)c1cccc(S(=O)(=O)N2CCOCC2)c1. The molecule has 28 heavy (non-hydrogen) atoms. The summed E-state index contributed by atoms with van der Waals surface area (Å²) in [6.07, 6.45) is 0. The Balaban J connectivity index is 1.86. The minimum atomic E-state index is -3.65. The first kappa shape index (κ1) is 20.5. The first-order valence-corrected chi connectivity index (χ1v) is 10.7. The van der Waals surface area contributed by atoms with Crippen LogP contribution >= 0.6 is 0 Å². The Bertz CT molecular complexity index is 958. The molecule has 150 valence electrons. The summed E-state index contributed by atoms with van der Waals surface area (Å²) in [5, 5.41) is 2.92. The zero-order valence-electron chi connectivity index (χ0n) is 16.4. The third kappa shape index (κ3) is 4.43. The normalized spacial score (nSPS) is 16.0. The van der Waals surface area contributed by atoms with Crippen LogP contribution in [-0.2, 0) is 20.2 Å². The number of benzene rings is 2.